The first-order chi connectivity index (χ1) is 23.9. The molecule has 0 radical (unpaired) electrons. The van der Waals surface area contributed by atoms with Gasteiger partial charge in [-0.25, -0.2) is 0 Å². The molecule has 6 heteroatoms. The van der Waals surface area contributed by atoms with Gasteiger partial charge in [0.1, 0.15) is 0 Å². The molecule has 2 nitrogen and oxygen atoms in total. The van der Waals surface area contributed by atoms with Crippen molar-refractivity contribution in [2.45, 2.75) is 169 Å². The molecule has 0 bridgehead atoms. The van der Waals surface area contributed by atoms with E-state index < -0.39 is 20.4 Å². The maximum atomic E-state index is 6.63. The van der Waals surface area contributed by atoms with Crippen molar-refractivity contribution < 1.29 is 13.5 Å². The SMILES string of the molecule is CC(C)=CC=P(C1CCCCC1)(C1CCCCC1)C1CCCCC1.Cc1cc(C)c(N2CCN(c3c(C)cc(C)cc3C)[C]2=[Ru]([Cl])[Cl])c(C)c1. The van der Waals surface area contributed by atoms with Crippen molar-refractivity contribution in [3.63, 3.8) is 0 Å². The summed E-state index contributed by atoms with van der Waals surface area (Å²) in [5, 5.41) is 0. The Kier molecular flexibility index (Phi) is 14.9. The Balaban J connectivity index is 0.000000195. The standard InChI is InChI=1S/C23H41P.C21H26N2.2ClH.Ru/c1-20(2)18-19-24(21-12-6-3-7-13-21,22-14-8-4-9-15-22)23-16-10-5-11-17-23;1-14-9-16(3)20(17(4)10-14)22-7-8-23(13-22)21-18(5)11-15(2)12-19(21)6;;;/h18-19,21-23H,3-17H2,1-2H3;9-12H,7-8H2,1-6H3;2*1H;/q;;;;+2/p-2. The van der Waals surface area contributed by atoms with Crippen LogP contribution < -0.4 is 9.80 Å². The van der Waals surface area contributed by atoms with Crippen LogP contribution in [-0.2, 0) is 13.5 Å². The van der Waals surface area contributed by atoms with Gasteiger partial charge in [0.2, 0.25) is 0 Å². The summed E-state index contributed by atoms with van der Waals surface area (Å²) in [6.45, 7) is 18.5. The summed E-state index contributed by atoms with van der Waals surface area (Å²) >= 11 is -2.12. The number of anilines is 2. The molecule has 1 heterocycles. The topological polar surface area (TPSA) is 6.48 Å². The number of rotatable bonds is 6. The third-order valence-electron chi connectivity index (χ3n) is 12.2. The molecule has 2 aromatic carbocycles. The fourth-order valence-electron chi connectivity index (χ4n) is 10.4. The molecule has 50 heavy (non-hydrogen) atoms. The Hall–Kier alpha value is -0.847. The van der Waals surface area contributed by atoms with Crippen LogP contribution in [0.1, 0.15) is 144 Å². The predicted molar refractivity (Wildman–Crippen MR) is 226 cm³/mol. The van der Waals surface area contributed by atoms with Crippen LogP contribution in [0.3, 0.4) is 0 Å². The zero-order valence-corrected chi connectivity index (χ0v) is 36.8. The second-order valence-corrected chi connectivity index (χ2v) is 26.3. The van der Waals surface area contributed by atoms with E-state index in [2.05, 4.69) is 101 Å². The van der Waals surface area contributed by atoms with Crippen LogP contribution in [0.2, 0.25) is 0 Å². The van der Waals surface area contributed by atoms with E-state index in [1.54, 1.807) is 38.5 Å². The number of hydrogen-bond donors (Lipinski definition) is 0. The first-order valence-electron chi connectivity index (χ1n) is 19.9. The molecular formula is C44H67Cl2N2PRu. The van der Waals surface area contributed by atoms with Gasteiger partial charge in [0.15, 0.2) is 0 Å². The third-order valence-corrected chi connectivity index (χ3v) is 21.1. The minimum absolute atomic E-state index is 0.914. The van der Waals surface area contributed by atoms with Crippen LogP contribution in [0.25, 0.3) is 0 Å². The van der Waals surface area contributed by atoms with E-state index in [0.717, 1.165) is 34.4 Å². The summed E-state index contributed by atoms with van der Waals surface area (Å²) in [6, 6.07) is 8.96. The van der Waals surface area contributed by atoms with Crippen molar-refractivity contribution in [1.82, 2.24) is 0 Å². The van der Waals surface area contributed by atoms with Gasteiger partial charge in [-0.2, -0.15) is 0 Å². The Morgan fingerprint density at radius 3 is 1.18 bits per heavy atom. The summed E-state index contributed by atoms with van der Waals surface area (Å²) < 4.78 is 1.10. The molecule has 4 fully saturated rings. The number of aryl methyl sites for hydroxylation is 6. The second-order valence-electron chi connectivity index (χ2n) is 16.4. The molecule has 0 spiro atoms. The first kappa shape index (κ1) is 40.3. The molecule has 0 unspecified atom stereocenters. The van der Waals surface area contributed by atoms with Crippen molar-refractivity contribution in [1.29, 1.82) is 0 Å². The quantitative estimate of drug-likeness (QED) is 0.211. The fourth-order valence-corrected chi connectivity index (χ4v) is 20.4. The number of hydrogen-bond acceptors (Lipinski definition) is 2. The molecule has 0 aromatic heterocycles. The van der Waals surface area contributed by atoms with Gasteiger partial charge in [0.05, 0.1) is 0 Å². The molecule has 0 amide bonds. The summed E-state index contributed by atoms with van der Waals surface area (Å²) in [4.78, 5) is 4.73. The maximum absolute atomic E-state index is 6.63. The van der Waals surface area contributed by atoms with Crippen LogP contribution >= 0.6 is 26.3 Å². The molecule has 3 saturated carbocycles. The summed E-state index contributed by atoms with van der Waals surface area (Å²) in [7, 11) is 13.3. The van der Waals surface area contributed by atoms with E-state index in [9.17, 15) is 0 Å². The zero-order valence-electron chi connectivity index (χ0n) is 32.7. The van der Waals surface area contributed by atoms with Crippen LogP contribution in [0, 0.1) is 41.5 Å². The average molecular weight is 827 g/mol. The fraction of sp³-hybridized carbons (Fsp3) is 0.636. The van der Waals surface area contributed by atoms with Crippen molar-refractivity contribution in [3.8, 4) is 0 Å². The molecule has 6 rings (SSSR count). The Labute approximate surface area is 320 Å². The Morgan fingerprint density at radius 1 is 0.580 bits per heavy atom. The van der Waals surface area contributed by atoms with Crippen molar-refractivity contribution in [2.75, 3.05) is 22.9 Å². The van der Waals surface area contributed by atoms with Gasteiger partial charge in [-0.05, 0) is 69.3 Å². The zero-order chi connectivity index (χ0) is 36.0. The van der Waals surface area contributed by atoms with Gasteiger partial charge in [0.25, 0.3) is 0 Å². The van der Waals surface area contributed by atoms with Gasteiger partial charge < -0.3 is 0 Å². The van der Waals surface area contributed by atoms with E-state index >= 15 is 0 Å². The van der Waals surface area contributed by atoms with E-state index in [4.69, 9.17) is 19.4 Å². The molecule has 0 atom stereocenters. The van der Waals surface area contributed by atoms with Gasteiger partial charge in [0, 0.05) is 0 Å². The predicted octanol–water partition coefficient (Wildman–Crippen LogP) is 13.6. The van der Waals surface area contributed by atoms with E-state index in [-0.39, 0.29) is 0 Å². The van der Waals surface area contributed by atoms with Gasteiger partial charge in [-0.1, -0.05) is 82.1 Å². The minimum atomic E-state index is -2.12. The van der Waals surface area contributed by atoms with Crippen molar-refractivity contribution in [2.24, 2.45) is 0 Å². The molecule has 1 saturated heterocycles. The normalized spacial score (nSPS) is 20.0. The first-order valence-corrected chi connectivity index (χ1v) is 27.3. The summed E-state index contributed by atoms with van der Waals surface area (Å²) in [5.74, 6) is 2.91. The van der Waals surface area contributed by atoms with Gasteiger partial charge >= 0.3 is 171 Å². The number of nitrogens with zero attached hydrogens (tertiary/aromatic N) is 2. The van der Waals surface area contributed by atoms with Crippen LogP contribution in [-0.4, -0.2) is 40.2 Å². The molecule has 3 aliphatic carbocycles. The molecule has 280 valence electrons. The summed E-state index contributed by atoms with van der Waals surface area (Å²) in [6.07, 6.45) is 25.6. The number of benzene rings is 2. The van der Waals surface area contributed by atoms with Crippen molar-refractivity contribution in [3.05, 3.63) is 69.3 Å². The van der Waals surface area contributed by atoms with E-state index in [1.165, 1.54) is 108 Å². The van der Waals surface area contributed by atoms with Gasteiger partial charge in [-0.3, -0.25) is 0 Å². The van der Waals surface area contributed by atoms with Crippen LogP contribution in [0.15, 0.2) is 35.9 Å². The van der Waals surface area contributed by atoms with Crippen LogP contribution in [0.5, 0.6) is 0 Å². The van der Waals surface area contributed by atoms with Crippen molar-refractivity contribution >= 4 is 47.8 Å². The molecule has 4 aliphatic rings. The monoisotopic (exact) mass is 826 g/mol. The number of allylic oxidation sites excluding steroid dienone is 2. The Morgan fingerprint density at radius 2 is 0.900 bits per heavy atom. The van der Waals surface area contributed by atoms with Crippen LogP contribution in [0.4, 0.5) is 11.4 Å². The number of halogens is 2. The van der Waals surface area contributed by atoms with E-state index in [0.29, 0.717) is 0 Å². The van der Waals surface area contributed by atoms with Gasteiger partial charge in [-0.15, -0.1) is 0 Å². The molecule has 0 N–H and O–H groups in total. The molecule has 2 aromatic rings. The third kappa shape index (κ3) is 9.26. The average Bonchev–Trinajstić information content (AvgIpc) is 3.50. The molecule has 1 aliphatic heterocycles. The summed E-state index contributed by atoms with van der Waals surface area (Å²) in [5.41, 5.74) is 15.0. The Bertz CT molecular complexity index is 1420. The second kappa shape index (κ2) is 18.5. The molecular weight excluding hydrogens is 759 g/mol. The van der Waals surface area contributed by atoms with E-state index in [1.807, 2.05) is 0 Å².